The summed E-state index contributed by atoms with van der Waals surface area (Å²) >= 11 is 0. The molecule has 1 rings (SSSR count). The van der Waals surface area contributed by atoms with E-state index in [0.717, 1.165) is 12.8 Å². The third kappa shape index (κ3) is 4.39. The molecule has 0 radical (unpaired) electrons. The molecule has 0 bridgehead atoms. The molecule has 2 N–H and O–H groups in total. The number of carbonyl (C=O) groups excluding carboxylic acids is 2. The molecular weight excluding hydrogens is 240 g/mol. The second kappa shape index (κ2) is 7.56. The largest absolute Gasteiger partial charge is 0.352 e. The van der Waals surface area contributed by atoms with Crippen molar-refractivity contribution in [3.05, 3.63) is 29.8 Å². The van der Waals surface area contributed by atoms with E-state index in [1.165, 1.54) is 0 Å². The van der Waals surface area contributed by atoms with Crippen LogP contribution in [-0.2, 0) is 4.79 Å². The van der Waals surface area contributed by atoms with Gasteiger partial charge in [0.1, 0.15) is 0 Å². The molecule has 4 heteroatoms. The van der Waals surface area contributed by atoms with Crippen LogP contribution in [0.5, 0.6) is 0 Å². The lowest BCUT2D eigenvalue weighted by atomic mass is 10.0. The van der Waals surface area contributed by atoms with Gasteiger partial charge in [-0.05, 0) is 38.0 Å². The zero-order chi connectivity index (χ0) is 14.3. The molecule has 1 aromatic carbocycles. The summed E-state index contributed by atoms with van der Waals surface area (Å²) < 4.78 is 0. The minimum atomic E-state index is -0.124. The predicted octanol–water partition coefficient (Wildman–Crippen LogP) is 2.81. The monoisotopic (exact) mass is 262 g/mol. The van der Waals surface area contributed by atoms with Gasteiger partial charge < -0.3 is 10.6 Å². The van der Waals surface area contributed by atoms with Gasteiger partial charge in [-0.2, -0.15) is 0 Å². The van der Waals surface area contributed by atoms with Gasteiger partial charge in [0, 0.05) is 23.7 Å². The average molecular weight is 262 g/mol. The van der Waals surface area contributed by atoms with Crippen LogP contribution in [0, 0.1) is 5.92 Å². The summed E-state index contributed by atoms with van der Waals surface area (Å²) in [5, 5.41) is 5.60. The Balaban J connectivity index is 2.77. The van der Waals surface area contributed by atoms with Crippen molar-refractivity contribution in [2.75, 3.05) is 11.9 Å². The fourth-order valence-corrected chi connectivity index (χ4v) is 1.90. The second-order valence-corrected chi connectivity index (χ2v) is 4.44. The first-order valence-electron chi connectivity index (χ1n) is 6.81. The highest BCUT2D eigenvalue weighted by Crippen LogP contribution is 2.15. The second-order valence-electron chi connectivity index (χ2n) is 4.44. The van der Waals surface area contributed by atoms with Crippen LogP contribution in [0.3, 0.4) is 0 Å². The van der Waals surface area contributed by atoms with E-state index in [9.17, 15) is 9.59 Å². The Labute approximate surface area is 114 Å². The number of hydrogen-bond donors (Lipinski definition) is 2. The van der Waals surface area contributed by atoms with Crippen molar-refractivity contribution in [1.82, 2.24) is 5.32 Å². The third-order valence-electron chi connectivity index (χ3n) is 3.09. The fraction of sp³-hybridized carbons (Fsp3) is 0.467. The van der Waals surface area contributed by atoms with Gasteiger partial charge in [-0.25, -0.2) is 0 Å². The lowest BCUT2D eigenvalue weighted by Crippen LogP contribution is -2.24. The number of anilines is 1. The molecule has 0 atom stereocenters. The standard InChI is InChI=1S/C15H22N2O2/c1-4-11(5-2)15(19)17-13-9-7-8-12(10-13)14(18)16-6-3/h7-11H,4-6H2,1-3H3,(H,16,18)(H,17,19). The summed E-state index contributed by atoms with van der Waals surface area (Å²) in [5.41, 5.74) is 1.23. The van der Waals surface area contributed by atoms with E-state index in [4.69, 9.17) is 0 Å². The normalized spacial score (nSPS) is 10.3. The molecule has 19 heavy (non-hydrogen) atoms. The van der Waals surface area contributed by atoms with Crippen LogP contribution in [0.4, 0.5) is 5.69 Å². The highest BCUT2D eigenvalue weighted by Gasteiger charge is 2.14. The number of benzene rings is 1. The predicted molar refractivity (Wildman–Crippen MR) is 77.2 cm³/mol. The molecule has 0 spiro atoms. The lowest BCUT2D eigenvalue weighted by Gasteiger charge is -2.13. The van der Waals surface area contributed by atoms with Gasteiger partial charge in [0.25, 0.3) is 5.91 Å². The molecule has 2 amide bonds. The number of hydrogen-bond acceptors (Lipinski definition) is 2. The Morgan fingerprint density at radius 1 is 1.16 bits per heavy atom. The zero-order valence-corrected chi connectivity index (χ0v) is 11.8. The Morgan fingerprint density at radius 3 is 2.42 bits per heavy atom. The maximum Gasteiger partial charge on any atom is 0.251 e. The van der Waals surface area contributed by atoms with Gasteiger partial charge in [0.05, 0.1) is 0 Å². The minimum absolute atomic E-state index is 0.0121. The summed E-state index contributed by atoms with van der Waals surface area (Å²) in [7, 11) is 0. The van der Waals surface area contributed by atoms with Crippen LogP contribution in [0.2, 0.25) is 0 Å². The molecule has 0 unspecified atom stereocenters. The van der Waals surface area contributed by atoms with Crippen LogP contribution in [0.15, 0.2) is 24.3 Å². The first-order chi connectivity index (χ1) is 9.12. The highest BCUT2D eigenvalue weighted by molar-refractivity contribution is 5.97. The smallest absolute Gasteiger partial charge is 0.251 e. The number of carbonyl (C=O) groups is 2. The van der Waals surface area contributed by atoms with E-state index in [2.05, 4.69) is 10.6 Å². The van der Waals surface area contributed by atoms with Crippen molar-refractivity contribution in [1.29, 1.82) is 0 Å². The SMILES string of the molecule is CCNC(=O)c1cccc(NC(=O)C(CC)CC)c1. The van der Waals surface area contributed by atoms with Crippen molar-refractivity contribution < 1.29 is 9.59 Å². The number of amides is 2. The summed E-state index contributed by atoms with van der Waals surface area (Å²) in [4.78, 5) is 23.7. The van der Waals surface area contributed by atoms with Crippen LogP contribution >= 0.6 is 0 Å². The van der Waals surface area contributed by atoms with E-state index in [1.807, 2.05) is 20.8 Å². The maximum atomic E-state index is 12.0. The fourth-order valence-electron chi connectivity index (χ4n) is 1.90. The van der Waals surface area contributed by atoms with Crippen molar-refractivity contribution in [2.45, 2.75) is 33.6 Å². The van der Waals surface area contributed by atoms with Crippen LogP contribution in [0.25, 0.3) is 0 Å². The number of rotatable bonds is 6. The Hall–Kier alpha value is -1.84. The van der Waals surface area contributed by atoms with Crippen LogP contribution in [-0.4, -0.2) is 18.4 Å². The minimum Gasteiger partial charge on any atom is -0.352 e. The van der Waals surface area contributed by atoms with E-state index >= 15 is 0 Å². The molecule has 0 aliphatic heterocycles. The first-order valence-corrected chi connectivity index (χ1v) is 6.81. The first kappa shape index (κ1) is 15.2. The molecule has 0 saturated carbocycles. The molecule has 0 heterocycles. The highest BCUT2D eigenvalue weighted by atomic mass is 16.2. The molecule has 0 aliphatic rings. The van der Waals surface area contributed by atoms with Crippen LogP contribution in [0.1, 0.15) is 44.0 Å². The van der Waals surface area contributed by atoms with Gasteiger partial charge in [-0.1, -0.05) is 19.9 Å². The van der Waals surface area contributed by atoms with Gasteiger partial charge >= 0.3 is 0 Å². The Kier molecular flexibility index (Phi) is 6.06. The van der Waals surface area contributed by atoms with Crippen molar-refractivity contribution in [3.63, 3.8) is 0 Å². The molecule has 1 aromatic rings. The lowest BCUT2D eigenvalue weighted by molar-refractivity contribution is -0.120. The summed E-state index contributed by atoms with van der Waals surface area (Å²) in [6, 6.07) is 7.00. The van der Waals surface area contributed by atoms with Crippen molar-refractivity contribution in [2.24, 2.45) is 5.92 Å². The van der Waals surface area contributed by atoms with E-state index in [1.54, 1.807) is 24.3 Å². The summed E-state index contributed by atoms with van der Waals surface area (Å²) in [5.74, 6) is -0.0905. The quantitative estimate of drug-likeness (QED) is 0.828. The molecule has 0 aromatic heterocycles. The van der Waals surface area contributed by atoms with Gasteiger partial charge in [0.2, 0.25) is 5.91 Å². The third-order valence-corrected chi connectivity index (χ3v) is 3.09. The number of nitrogens with one attached hydrogen (secondary N) is 2. The molecule has 4 nitrogen and oxygen atoms in total. The van der Waals surface area contributed by atoms with E-state index < -0.39 is 0 Å². The van der Waals surface area contributed by atoms with E-state index in [0.29, 0.717) is 17.8 Å². The van der Waals surface area contributed by atoms with Crippen molar-refractivity contribution in [3.8, 4) is 0 Å². The van der Waals surface area contributed by atoms with Gasteiger partial charge in [0.15, 0.2) is 0 Å². The molecular formula is C15H22N2O2. The summed E-state index contributed by atoms with van der Waals surface area (Å²) in [6.45, 7) is 6.46. The maximum absolute atomic E-state index is 12.0. The van der Waals surface area contributed by atoms with Gasteiger partial charge in [-0.3, -0.25) is 9.59 Å². The van der Waals surface area contributed by atoms with Gasteiger partial charge in [-0.15, -0.1) is 0 Å². The molecule has 0 saturated heterocycles. The van der Waals surface area contributed by atoms with E-state index in [-0.39, 0.29) is 17.7 Å². The summed E-state index contributed by atoms with van der Waals surface area (Å²) in [6.07, 6.45) is 1.64. The Bertz CT molecular complexity index is 440. The average Bonchev–Trinajstić information content (AvgIpc) is 2.40. The molecule has 0 aliphatic carbocycles. The molecule has 0 fully saturated rings. The Morgan fingerprint density at radius 2 is 1.84 bits per heavy atom. The molecule has 104 valence electrons. The zero-order valence-electron chi connectivity index (χ0n) is 11.8. The van der Waals surface area contributed by atoms with Crippen LogP contribution < -0.4 is 10.6 Å². The van der Waals surface area contributed by atoms with Crippen molar-refractivity contribution >= 4 is 17.5 Å². The topological polar surface area (TPSA) is 58.2 Å².